The second kappa shape index (κ2) is 3.53. The van der Waals surface area contributed by atoms with Gasteiger partial charge >= 0.3 is 11.9 Å². The van der Waals surface area contributed by atoms with E-state index < -0.39 is 12.1 Å². The van der Waals surface area contributed by atoms with Crippen LogP contribution in [0.3, 0.4) is 0 Å². The minimum absolute atomic E-state index is 0.120. The lowest BCUT2D eigenvalue weighted by molar-refractivity contribution is -0.143. The summed E-state index contributed by atoms with van der Waals surface area (Å²) in [6, 6.07) is 0. The Balaban J connectivity index is 2.16. The van der Waals surface area contributed by atoms with Gasteiger partial charge in [-0.3, -0.25) is 4.79 Å². The van der Waals surface area contributed by atoms with Gasteiger partial charge in [-0.1, -0.05) is 0 Å². The largest absolute Gasteiger partial charge is 0.467 e. The Morgan fingerprint density at radius 2 is 2.17 bits per heavy atom. The van der Waals surface area contributed by atoms with Crippen molar-refractivity contribution in [3.05, 3.63) is 0 Å². The number of epoxide rings is 1. The van der Waals surface area contributed by atoms with Gasteiger partial charge in [0, 0.05) is 6.92 Å². The maximum Gasteiger partial charge on any atom is 0.337 e. The molecule has 12 heavy (non-hydrogen) atoms. The number of ether oxygens (including phenoxy) is 3. The predicted molar refractivity (Wildman–Crippen MR) is 37.3 cm³/mol. The molecule has 1 rings (SSSR count). The lowest BCUT2D eigenvalue weighted by atomic mass is 10.3. The molecule has 0 radical (unpaired) electrons. The summed E-state index contributed by atoms with van der Waals surface area (Å²) in [6.45, 7) is 1.42. The van der Waals surface area contributed by atoms with Gasteiger partial charge in [0.1, 0.15) is 12.7 Å². The zero-order chi connectivity index (χ0) is 9.14. The van der Waals surface area contributed by atoms with E-state index in [-0.39, 0.29) is 18.7 Å². The molecule has 1 aliphatic rings. The summed E-state index contributed by atoms with van der Waals surface area (Å²) in [6.07, 6.45) is -0.865. The molecule has 1 fully saturated rings. The molecule has 0 N–H and O–H groups in total. The van der Waals surface area contributed by atoms with Gasteiger partial charge in [-0.25, -0.2) is 4.79 Å². The van der Waals surface area contributed by atoms with Crippen LogP contribution in [0.2, 0.25) is 0 Å². The molecule has 1 aliphatic heterocycles. The van der Waals surface area contributed by atoms with E-state index in [1.165, 1.54) is 14.0 Å². The fourth-order valence-electron chi connectivity index (χ4n) is 0.793. The van der Waals surface area contributed by atoms with Gasteiger partial charge in [0.2, 0.25) is 0 Å². The van der Waals surface area contributed by atoms with Gasteiger partial charge in [-0.15, -0.1) is 0 Å². The van der Waals surface area contributed by atoms with Gasteiger partial charge in [0.15, 0.2) is 6.10 Å². The number of hydrogen-bond donors (Lipinski definition) is 0. The molecule has 0 amide bonds. The first-order valence-corrected chi connectivity index (χ1v) is 3.52. The van der Waals surface area contributed by atoms with Crippen LogP contribution in [-0.2, 0) is 23.8 Å². The third kappa shape index (κ3) is 2.20. The first kappa shape index (κ1) is 8.99. The fraction of sp³-hybridized carbons (Fsp3) is 0.714. The molecule has 0 aromatic rings. The zero-order valence-corrected chi connectivity index (χ0v) is 6.90. The van der Waals surface area contributed by atoms with Crippen LogP contribution in [0, 0.1) is 0 Å². The molecule has 0 saturated carbocycles. The summed E-state index contributed by atoms with van der Waals surface area (Å²) < 4.78 is 13.9. The molecular weight excluding hydrogens is 164 g/mol. The molecule has 1 heterocycles. The molecule has 0 bridgehead atoms. The molecule has 0 unspecified atom stereocenters. The number of rotatable bonds is 3. The summed E-state index contributed by atoms with van der Waals surface area (Å²) in [5, 5.41) is 0. The highest BCUT2D eigenvalue weighted by Crippen LogP contribution is 2.23. The third-order valence-electron chi connectivity index (χ3n) is 1.47. The van der Waals surface area contributed by atoms with Gasteiger partial charge in [0.05, 0.1) is 7.11 Å². The van der Waals surface area contributed by atoms with Crippen LogP contribution in [0.5, 0.6) is 0 Å². The van der Waals surface area contributed by atoms with Crippen molar-refractivity contribution in [2.75, 3.05) is 13.7 Å². The van der Waals surface area contributed by atoms with E-state index in [4.69, 9.17) is 4.74 Å². The molecule has 5 nitrogen and oxygen atoms in total. The smallest absolute Gasteiger partial charge is 0.337 e. The molecule has 0 aromatic carbocycles. The number of methoxy groups -OCH3 is 1. The zero-order valence-electron chi connectivity index (χ0n) is 6.90. The second-order valence-electron chi connectivity index (χ2n) is 2.42. The maximum absolute atomic E-state index is 10.7. The molecule has 68 valence electrons. The highest BCUT2D eigenvalue weighted by molar-refractivity contribution is 5.78. The molecular formula is C7H10O5. The van der Waals surface area contributed by atoms with Crippen LogP contribution in [-0.4, -0.2) is 37.9 Å². The van der Waals surface area contributed by atoms with Crippen molar-refractivity contribution in [3.8, 4) is 0 Å². The lowest BCUT2D eigenvalue weighted by Gasteiger charge is -1.96. The third-order valence-corrected chi connectivity index (χ3v) is 1.47. The van der Waals surface area contributed by atoms with Crippen molar-refractivity contribution in [1.82, 2.24) is 0 Å². The van der Waals surface area contributed by atoms with Crippen molar-refractivity contribution in [2.24, 2.45) is 0 Å². The van der Waals surface area contributed by atoms with Gasteiger partial charge in [-0.05, 0) is 0 Å². The van der Waals surface area contributed by atoms with Gasteiger partial charge in [-0.2, -0.15) is 0 Å². The Hall–Kier alpha value is -1.10. The van der Waals surface area contributed by atoms with Crippen molar-refractivity contribution >= 4 is 11.9 Å². The number of hydrogen-bond acceptors (Lipinski definition) is 5. The second-order valence-corrected chi connectivity index (χ2v) is 2.42. The van der Waals surface area contributed by atoms with E-state index in [0.29, 0.717) is 0 Å². The number of carbonyl (C=O) groups excluding carboxylic acids is 2. The topological polar surface area (TPSA) is 65.1 Å². The van der Waals surface area contributed by atoms with E-state index in [2.05, 4.69) is 9.47 Å². The number of carbonyl (C=O) groups is 2. The quantitative estimate of drug-likeness (QED) is 0.426. The van der Waals surface area contributed by atoms with E-state index in [1.807, 2.05) is 0 Å². The summed E-state index contributed by atoms with van der Waals surface area (Å²) >= 11 is 0. The maximum atomic E-state index is 10.7. The standard InChI is InChI=1S/C7H10O5/c1-4(8)11-3-5-6(12-5)7(9)10-2/h5-6H,3H2,1-2H3/t5-,6+/m0/s1. The normalized spacial score (nSPS) is 26.2. The average Bonchev–Trinajstić information content (AvgIpc) is 2.78. The minimum atomic E-state index is -0.547. The monoisotopic (exact) mass is 174 g/mol. The highest BCUT2D eigenvalue weighted by atomic mass is 16.7. The van der Waals surface area contributed by atoms with E-state index in [1.54, 1.807) is 0 Å². The lowest BCUT2D eigenvalue weighted by Crippen LogP contribution is -2.15. The van der Waals surface area contributed by atoms with Crippen LogP contribution in [0.15, 0.2) is 0 Å². The summed E-state index contributed by atoms with van der Waals surface area (Å²) in [5.74, 6) is -0.804. The van der Waals surface area contributed by atoms with Crippen LogP contribution in [0.25, 0.3) is 0 Å². The molecule has 1 saturated heterocycles. The average molecular weight is 174 g/mol. The fourth-order valence-corrected chi connectivity index (χ4v) is 0.793. The van der Waals surface area contributed by atoms with E-state index in [9.17, 15) is 9.59 Å². The Morgan fingerprint density at radius 1 is 1.50 bits per heavy atom. The summed E-state index contributed by atoms with van der Waals surface area (Å²) in [4.78, 5) is 21.1. The molecule has 0 spiro atoms. The van der Waals surface area contributed by atoms with E-state index >= 15 is 0 Å². The van der Waals surface area contributed by atoms with Crippen molar-refractivity contribution in [1.29, 1.82) is 0 Å². The van der Waals surface area contributed by atoms with Crippen molar-refractivity contribution in [2.45, 2.75) is 19.1 Å². The summed E-state index contributed by atoms with van der Waals surface area (Å²) in [5.41, 5.74) is 0. The number of esters is 2. The van der Waals surface area contributed by atoms with E-state index in [0.717, 1.165) is 0 Å². The summed E-state index contributed by atoms with van der Waals surface area (Å²) in [7, 11) is 1.28. The Kier molecular flexibility index (Phi) is 2.65. The highest BCUT2D eigenvalue weighted by Gasteiger charge is 2.46. The van der Waals surface area contributed by atoms with Gasteiger partial charge in [0.25, 0.3) is 0 Å². The van der Waals surface area contributed by atoms with Crippen LogP contribution >= 0.6 is 0 Å². The molecule has 0 aromatic heterocycles. The van der Waals surface area contributed by atoms with Crippen LogP contribution < -0.4 is 0 Å². The SMILES string of the molecule is COC(=O)[C@@H]1O[C@H]1COC(C)=O. The Morgan fingerprint density at radius 3 is 2.67 bits per heavy atom. The molecule has 2 atom stereocenters. The first-order chi connectivity index (χ1) is 5.65. The van der Waals surface area contributed by atoms with Gasteiger partial charge < -0.3 is 14.2 Å². The Bertz CT molecular complexity index is 200. The van der Waals surface area contributed by atoms with Crippen molar-refractivity contribution in [3.63, 3.8) is 0 Å². The molecule has 5 heteroatoms. The Labute approximate surface area is 69.6 Å². The van der Waals surface area contributed by atoms with Crippen LogP contribution in [0.1, 0.15) is 6.92 Å². The first-order valence-electron chi connectivity index (χ1n) is 3.52. The molecule has 0 aliphatic carbocycles. The van der Waals surface area contributed by atoms with Crippen LogP contribution in [0.4, 0.5) is 0 Å². The van der Waals surface area contributed by atoms with Crippen molar-refractivity contribution < 1.29 is 23.8 Å². The predicted octanol–water partition coefficient (Wildman–Crippen LogP) is -0.510. The minimum Gasteiger partial charge on any atom is -0.467 e.